The maximum Gasteiger partial charge on any atom is 0.271 e. The van der Waals surface area contributed by atoms with Gasteiger partial charge in [-0.3, -0.25) is 9.59 Å². The number of nitrogens with one attached hydrogen (secondary N) is 1. The molecule has 2 aromatic heterocycles. The van der Waals surface area contributed by atoms with Crippen LogP contribution in [0.3, 0.4) is 0 Å². The Kier molecular flexibility index (Phi) is 5.27. The smallest absolute Gasteiger partial charge is 0.271 e. The first kappa shape index (κ1) is 18.5. The van der Waals surface area contributed by atoms with Crippen LogP contribution in [0.2, 0.25) is 0 Å². The minimum absolute atomic E-state index is 0.0523. The molecule has 1 aliphatic heterocycles. The Morgan fingerprint density at radius 2 is 1.89 bits per heavy atom. The fraction of sp³-hybridized carbons (Fsp3) is 0.500. The predicted octanol–water partition coefficient (Wildman–Crippen LogP) is 1.31. The zero-order chi connectivity index (χ0) is 19.5. The number of anilines is 1. The Balaban J connectivity index is 1.29. The Bertz CT molecular complexity index is 835. The maximum atomic E-state index is 12.6. The quantitative estimate of drug-likeness (QED) is 0.814. The molecule has 1 saturated heterocycles. The Hall–Kier alpha value is -2.90. The average Bonchev–Trinajstić information content (AvgIpc) is 3.46. The molecule has 148 valence electrons. The van der Waals surface area contributed by atoms with Crippen LogP contribution >= 0.6 is 0 Å². The second-order valence-electron chi connectivity index (χ2n) is 7.55. The molecule has 1 N–H and O–H groups in total. The summed E-state index contributed by atoms with van der Waals surface area (Å²) in [6.45, 7) is 3.35. The van der Waals surface area contributed by atoms with E-state index in [4.69, 9.17) is 0 Å². The first-order valence-corrected chi connectivity index (χ1v) is 9.89. The Labute approximate surface area is 164 Å². The predicted molar refractivity (Wildman–Crippen MR) is 105 cm³/mol. The van der Waals surface area contributed by atoms with Crippen molar-refractivity contribution in [2.45, 2.75) is 19.3 Å². The third-order valence-corrected chi connectivity index (χ3v) is 5.47. The molecule has 1 aliphatic carbocycles. The first-order chi connectivity index (χ1) is 13.6. The highest BCUT2D eigenvalue weighted by atomic mass is 16.2. The van der Waals surface area contributed by atoms with Gasteiger partial charge in [-0.1, -0.05) is 12.8 Å². The molecule has 8 nitrogen and oxygen atoms in total. The molecule has 0 aromatic carbocycles. The minimum Gasteiger partial charge on any atom is -0.352 e. The van der Waals surface area contributed by atoms with Crippen LogP contribution in [0.15, 0.2) is 30.5 Å². The summed E-state index contributed by atoms with van der Waals surface area (Å²) in [4.78, 5) is 28.7. The van der Waals surface area contributed by atoms with E-state index in [1.54, 1.807) is 6.07 Å². The summed E-state index contributed by atoms with van der Waals surface area (Å²) in [5.74, 6) is 1.41. The second-order valence-corrected chi connectivity index (χ2v) is 7.55. The van der Waals surface area contributed by atoms with E-state index in [2.05, 4.69) is 20.4 Å². The maximum absolute atomic E-state index is 12.6. The summed E-state index contributed by atoms with van der Waals surface area (Å²) in [7, 11) is 1.88. The fourth-order valence-electron chi connectivity index (χ4n) is 3.49. The number of hydrogen-bond donors (Lipinski definition) is 1. The summed E-state index contributed by atoms with van der Waals surface area (Å²) in [5.41, 5.74) is 1.04. The number of aromatic nitrogens is 3. The van der Waals surface area contributed by atoms with Crippen LogP contribution in [0.4, 0.5) is 5.82 Å². The standard InChI is InChI=1S/C20H26N6O2/c1-24-10-2-3-17(24)20(28)26-13-11-25(12-14-26)18-7-6-16(22-23-18)19(27)21-9-8-15-4-5-15/h2-3,6-7,10,15H,4-5,8-9,11-14H2,1H3,(H,21,27). The number of nitrogens with zero attached hydrogens (tertiary/aromatic N) is 5. The van der Waals surface area contributed by atoms with Crippen molar-refractivity contribution < 1.29 is 9.59 Å². The normalized spacial score (nSPS) is 16.9. The van der Waals surface area contributed by atoms with Gasteiger partial charge in [0.25, 0.3) is 11.8 Å². The van der Waals surface area contributed by atoms with Crippen LogP contribution < -0.4 is 10.2 Å². The van der Waals surface area contributed by atoms with E-state index in [-0.39, 0.29) is 11.8 Å². The average molecular weight is 382 g/mol. The number of carbonyl (C=O) groups excluding carboxylic acids is 2. The van der Waals surface area contributed by atoms with Gasteiger partial charge < -0.3 is 19.7 Å². The van der Waals surface area contributed by atoms with Gasteiger partial charge in [-0.05, 0) is 36.6 Å². The van der Waals surface area contributed by atoms with Gasteiger partial charge in [-0.25, -0.2) is 0 Å². The molecule has 0 unspecified atom stereocenters. The number of amides is 2. The molecule has 0 atom stereocenters. The highest BCUT2D eigenvalue weighted by molar-refractivity contribution is 5.93. The zero-order valence-corrected chi connectivity index (χ0v) is 16.2. The van der Waals surface area contributed by atoms with Gasteiger partial charge in [-0.15, -0.1) is 10.2 Å². The largest absolute Gasteiger partial charge is 0.352 e. The van der Waals surface area contributed by atoms with Crippen molar-refractivity contribution in [1.82, 2.24) is 25.0 Å². The van der Waals surface area contributed by atoms with Crippen molar-refractivity contribution >= 4 is 17.6 Å². The molecule has 4 rings (SSSR count). The number of rotatable bonds is 6. The van der Waals surface area contributed by atoms with Crippen LogP contribution in [0, 0.1) is 5.92 Å². The molecule has 2 amide bonds. The SMILES string of the molecule is Cn1cccc1C(=O)N1CCN(c2ccc(C(=O)NCCC3CC3)nn2)CC1. The molecular weight excluding hydrogens is 356 g/mol. The van der Waals surface area contributed by atoms with E-state index in [1.165, 1.54) is 12.8 Å². The number of hydrogen-bond acceptors (Lipinski definition) is 5. The second kappa shape index (κ2) is 8.00. The highest BCUT2D eigenvalue weighted by Crippen LogP contribution is 2.31. The molecule has 8 heteroatoms. The molecule has 2 aromatic rings. The van der Waals surface area contributed by atoms with Crippen molar-refractivity contribution in [3.63, 3.8) is 0 Å². The van der Waals surface area contributed by atoms with Gasteiger partial charge in [0.05, 0.1) is 0 Å². The van der Waals surface area contributed by atoms with Crippen molar-refractivity contribution in [2.75, 3.05) is 37.6 Å². The summed E-state index contributed by atoms with van der Waals surface area (Å²) < 4.78 is 1.84. The molecule has 2 fully saturated rings. The van der Waals surface area contributed by atoms with Crippen molar-refractivity contribution in [3.8, 4) is 0 Å². The molecule has 0 spiro atoms. The summed E-state index contributed by atoms with van der Waals surface area (Å²) in [6.07, 6.45) is 5.49. The van der Waals surface area contributed by atoms with Crippen LogP contribution in [0.1, 0.15) is 40.2 Å². The van der Waals surface area contributed by atoms with Crippen LogP contribution in [-0.2, 0) is 7.05 Å². The van der Waals surface area contributed by atoms with Crippen molar-refractivity contribution in [3.05, 3.63) is 41.9 Å². The monoisotopic (exact) mass is 382 g/mol. The molecule has 28 heavy (non-hydrogen) atoms. The summed E-state index contributed by atoms with van der Waals surface area (Å²) in [5, 5.41) is 11.2. The van der Waals surface area contributed by atoms with Crippen LogP contribution in [0.5, 0.6) is 0 Å². The van der Waals surface area contributed by atoms with E-state index < -0.39 is 0 Å². The minimum atomic E-state index is -0.169. The van der Waals surface area contributed by atoms with E-state index in [0.717, 1.165) is 18.2 Å². The molecule has 0 bridgehead atoms. The van der Waals surface area contributed by atoms with Gasteiger partial charge in [0.1, 0.15) is 5.69 Å². The molecule has 0 radical (unpaired) electrons. The molecule has 2 aliphatic rings. The Morgan fingerprint density at radius 3 is 2.50 bits per heavy atom. The third kappa shape index (κ3) is 4.16. The summed E-state index contributed by atoms with van der Waals surface area (Å²) >= 11 is 0. The lowest BCUT2D eigenvalue weighted by Crippen LogP contribution is -2.49. The van der Waals surface area contributed by atoms with Crippen LogP contribution in [-0.4, -0.2) is 64.2 Å². The van der Waals surface area contributed by atoms with Crippen LogP contribution in [0.25, 0.3) is 0 Å². The number of carbonyl (C=O) groups is 2. The molecule has 3 heterocycles. The Morgan fingerprint density at radius 1 is 1.11 bits per heavy atom. The molecular formula is C20H26N6O2. The van der Waals surface area contributed by atoms with Gasteiger partial charge in [0.15, 0.2) is 11.5 Å². The lowest BCUT2D eigenvalue weighted by Gasteiger charge is -2.35. The van der Waals surface area contributed by atoms with Crippen molar-refractivity contribution in [1.29, 1.82) is 0 Å². The summed E-state index contributed by atoms with van der Waals surface area (Å²) in [6, 6.07) is 7.27. The van der Waals surface area contributed by atoms with Gasteiger partial charge >= 0.3 is 0 Å². The van der Waals surface area contributed by atoms with E-state index in [1.807, 2.05) is 40.9 Å². The number of piperazine rings is 1. The van der Waals surface area contributed by atoms with E-state index in [0.29, 0.717) is 44.1 Å². The first-order valence-electron chi connectivity index (χ1n) is 9.89. The zero-order valence-electron chi connectivity index (χ0n) is 16.2. The third-order valence-electron chi connectivity index (χ3n) is 5.47. The van der Waals surface area contributed by atoms with Crippen molar-refractivity contribution in [2.24, 2.45) is 13.0 Å². The molecule has 1 saturated carbocycles. The van der Waals surface area contributed by atoms with Gasteiger partial charge in [-0.2, -0.15) is 0 Å². The highest BCUT2D eigenvalue weighted by Gasteiger charge is 2.24. The lowest BCUT2D eigenvalue weighted by atomic mass is 10.2. The topological polar surface area (TPSA) is 83.4 Å². The lowest BCUT2D eigenvalue weighted by molar-refractivity contribution is 0.0736. The van der Waals surface area contributed by atoms with Gasteiger partial charge in [0, 0.05) is 46.0 Å². The van der Waals surface area contributed by atoms with Gasteiger partial charge in [0.2, 0.25) is 0 Å². The van der Waals surface area contributed by atoms with E-state index in [9.17, 15) is 9.59 Å². The van der Waals surface area contributed by atoms with E-state index >= 15 is 0 Å². The number of aryl methyl sites for hydroxylation is 1. The fourth-order valence-corrected chi connectivity index (χ4v) is 3.49.